The molecule has 10 nitrogen and oxygen atoms in total. The number of aryl methyl sites for hydroxylation is 1. The molecule has 1 unspecified atom stereocenters. The van der Waals surface area contributed by atoms with Gasteiger partial charge in [0.1, 0.15) is 11.4 Å². The van der Waals surface area contributed by atoms with Gasteiger partial charge >= 0.3 is 11.8 Å². The van der Waals surface area contributed by atoms with Gasteiger partial charge in [-0.1, -0.05) is 0 Å². The van der Waals surface area contributed by atoms with Gasteiger partial charge in [0, 0.05) is 43.8 Å². The lowest BCUT2D eigenvalue weighted by Gasteiger charge is -2.31. The first-order valence-electron chi connectivity index (χ1n) is 11.8. The van der Waals surface area contributed by atoms with E-state index < -0.39 is 34.2 Å². The van der Waals surface area contributed by atoms with Crippen LogP contribution in [0.2, 0.25) is 0 Å². The van der Waals surface area contributed by atoms with E-state index in [2.05, 4.69) is 5.32 Å². The number of rotatable bonds is 6. The highest BCUT2D eigenvalue weighted by atomic mass is 19.1. The van der Waals surface area contributed by atoms with E-state index in [0.29, 0.717) is 54.1 Å². The normalized spacial score (nSPS) is 20.5. The molecule has 2 heterocycles. The van der Waals surface area contributed by atoms with E-state index in [0.717, 1.165) is 12.8 Å². The van der Waals surface area contributed by atoms with Crippen LogP contribution in [0.3, 0.4) is 0 Å². The zero-order valence-corrected chi connectivity index (χ0v) is 20.9. The summed E-state index contributed by atoms with van der Waals surface area (Å²) in [6.45, 7) is 8.70. The first kappa shape index (κ1) is 25.0. The van der Waals surface area contributed by atoms with Crippen molar-refractivity contribution in [2.45, 2.75) is 58.6 Å². The molecule has 2 fully saturated rings. The number of ether oxygens (including phenoxy) is 2. The molecule has 3 N–H and O–H groups in total. The van der Waals surface area contributed by atoms with Crippen molar-refractivity contribution in [3.05, 3.63) is 38.3 Å². The van der Waals surface area contributed by atoms with E-state index in [4.69, 9.17) is 15.3 Å². The highest BCUT2D eigenvalue weighted by Gasteiger charge is 2.41. The Kier molecular flexibility index (Phi) is 6.33. The number of nitrogen functional groups attached to an aromatic ring is 1. The van der Waals surface area contributed by atoms with E-state index in [1.165, 1.54) is 10.6 Å². The maximum absolute atomic E-state index is 15.5. The fraction of sp³-hybridized carbons (Fsp3) is 0.625. The number of alkyl carbamates (subject to hydrolysis) is 1. The van der Waals surface area contributed by atoms with Crippen LogP contribution in [-0.4, -0.2) is 54.3 Å². The summed E-state index contributed by atoms with van der Waals surface area (Å²) in [5.74, 6) is 5.16. The lowest BCUT2D eigenvalue weighted by atomic mass is 9.88. The highest BCUT2D eigenvalue weighted by molar-refractivity contribution is 5.87. The molecule has 11 heteroatoms. The molecule has 2 aliphatic rings. The van der Waals surface area contributed by atoms with E-state index in [1.807, 2.05) is 4.90 Å². The Hall–Kier alpha value is -3.08. The summed E-state index contributed by atoms with van der Waals surface area (Å²) in [5.41, 5.74) is -1.10. The summed E-state index contributed by atoms with van der Waals surface area (Å²) in [6.07, 6.45) is 1.73. The van der Waals surface area contributed by atoms with Crippen LogP contribution in [0.25, 0.3) is 10.9 Å². The van der Waals surface area contributed by atoms with Crippen LogP contribution in [0, 0.1) is 18.2 Å². The van der Waals surface area contributed by atoms with Crippen molar-refractivity contribution in [1.29, 1.82) is 0 Å². The quantitative estimate of drug-likeness (QED) is 0.593. The third-order valence-corrected chi connectivity index (χ3v) is 6.69. The van der Waals surface area contributed by atoms with Crippen LogP contribution in [0.1, 0.15) is 51.6 Å². The van der Waals surface area contributed by atoms with Gasteiger partial charge < -0.3 is 25.5 Å². The smallest absolute Gasteiger partial charge is 0.407 e. The van der Waals surface area contributed by atoms with Gasteiger partial charge in [-0.15, -0.1) is 0 Å². The predicted molar refractivity (Wildman–Crippen MR) is 131 cm³/mol. The molecule has 0 radical (unpaired) electrons. The van der Waals surface area contributed by atoms with Gasteiger partial charge in [-0.2, -0.15) is 4.68 Å². The largest absolute Gasteiger partial charge is 0.444 e. The number of aromatic nitrogens is 2. The van der Waals surface area contributed by atoms with Crippen LogP contribution >= 0.6 is 0 Å². The molecule has 1 aliphatic heterocycles. The Morgan fingerprint density at radius 2 is 2.00 bits per heavy atom. The van der Waals surface area contributed by atoms with Crippen molar-refractivity contribution in [1.82, 2.24) is 14.6 Å². The van der Waals surface area contributed by atoms with Crippen molar-refractivity contribution in [3.63, 3.8) is 0 Å². The Balaban J connectivity index is 1.70. The van der Waals surface area contributed by atoms with Crippen LogP contribution < -0.4 is 27.3 Å². The standard InChI is InChI=1S/C24H34FN5O5/c1-14-18-16(20(31)30(26)22(33)29(18)15-6-7-15)10-17(25)19(14)28-9-8-24(12-28,13-34-5)11-27-21(32)35-23(2,3)4/h10,15H,6-9,11-13,26H2,1-5H3,(H,27,32). The number of nitrogens with one attached hydrogen (secondary N) is 1. The van der Waals surface area contributed by atoms with Crippen molar-refractivity contribution >= 4 is 22.7 Å². The van der Waals surface area contributed by atoms with Crippen molar-refractivity contribution < 1.29 is 18.7 Å². The molecule has 0 spiro atoms. The van der Waals surface area contributed by atoms with Crippen LogP contribution in [0.15, 0.2) is 15.7 Å². The number of nitrogens with two attached hydrogens (primary N) is 1. The Morgan fingerprint density at radius 3 is 2.60 bits per heavy atom. The molecule has 1 atom stereocenters. The minimum Gasteiger partial charge on any atom is -0.444 e. The topological polar surface area (TPSA) is 121 Å². The maximum Gasteiger partial charge on any atom is 0.407 e. The van der Waals surface area contributed by atoms with Gasteiger partial charge in [0.2, 0.25) is 0 Å². The van der Waals surface area contributed by atoms with E-state index >= 15 is 4.39 Å². The average molecular weight is 492 g/mol. The summed E-state index contributed by atoms with van der Waals surface area (Å²) in [6, 6.07) is 1.12. The van der Waals surface area contributed by atoms with Gasteiger partial charge in [-0.25, -0.2) is 14.0 Å². The molecule has 1 aromatic heterocycles. The van der Waals surface area contributed by atoms with Crippen molar-refractivity contribution in [3.8, 4) is 0 Å². The van der Waals surface area contributed by atoms with Gasteiger partial charge in [0.25, 0.3) is 5.56 Å². The summed E-state index contributed by atoms with van der Waals surface area (Å²) in [5, 5.41) is 2.92. The minimum atomic E-state index is -0.716. The van der Waals surface area contributed by atoms with Crippen molar-refractivity contribution in [2.24, 2.45) is 5.41 Å². The molecular formula is C24H34FN5O5. The molecule has 0 bridgehead atoms. The molecule has 1 saturated heterocycles. The highest BCUT2D eigenvalue weighted by Crippen LogP contribution is 2.41. The van der Waals surface area contributed by atoms with Gasteiger partial charge in [0.05, 0.1) is 23.2 Å². The molecule has 1 saturated carbocycles. The van der Waals surface area contributed by atoms with E-state index in [1.54, 1.807) is 34.8 Å². The summed E-state index contributed by atoms with van der Waals surface area (Å²) < 4.78 is 28.4. The van der Waals surface area contributed by atoms with Gasteiger partial charge in [-0.05, 0) is 53.0 Å². The van der Waals surface area contributed by atoms with Crippen LogP contribution in [0.4, 0.5) is 14.9 Å². The second-order valence-electron chi connectivity index (χ2n) is 10.7. The van der Waals surface area contributed by atoms with Crippen LogP contribution in [0.5, 0.6) is 0 Å². The number of carbonyl (C=O) groups excluding carboxylic acids is 1. The predicted octanol–water partition coefficient (Wildman–Crippen LogP) is 2.03. The zero-order chi connectivity index (χ0) is 25.7. The zero-order valence-electron chi connectivity index (χ0n) is 20.9. The molecule has 1 aliphatic carbocycles. The number of amides is 1. The lowest BCUT2D eigenvalue weighted by Crippen LogP contribution is -2.45. The molecule has 35 heavy (non-hydrogen) atoms. The fourth-order valence-electron chi connectivity index (χ4n) is 5.04. The number of hydrogen-bond donors (Lipinski definition) is 2. The van der Waals surface area contributed by atoms with Gasteiger partial charge in [0.15, 0.2) is 0 Å². The molecule has 192 valence electrons. The Labute approximate surface area is 202 Å². The number of anilines is 1. The molecule has 2 aromatic rings. The van der Waals surface area contributed by atoms with E-state index in [-0.39, 0.29) is 11.4 Å². The Morgan fingerprint density at radius 1 is 1.31 bits per heavy atom. The minimum absolute atomic E-state index is 0.0541. The molecule has 1 aromatic carbocycles. The lowest BCUT2D eigenvalue weighted by molar-refractivity contribution is 0.0452. The summed E-state index contributed by atoms with van der Waals surface area (Å²) in [4.78, 5) is 39.7. The first-order valence-corrected chi connectivity index (χ1v) is 11.8. The third kappa shape index (κ3) is 4.73. The second-order valence-corrected chi connectivity index (χ2v) is 10.7. The van der Waals surface area contributed by atoms with Gasteiger partial charge in [-0.3, -0.25) is 9.36 Å². The third-order valence-electron chi connectivity index (χ3n) is 6.69. The summed E-state index contributed by atoms with van der Waals surface area (Å²) in [7, 11) is 1.59. The van der Waals surface area contributed by atoms with Crippen molar-refractivity contribution in [2.75, 3.05) is 44.1 Å². The summed E-state index contributed by atoms with van der Waals surface area (Å²) >= 11 is 0. The number of halogens is 1. The number of hydrogen-bond acceptors (Lipinski definition) is 7. The SMILES string of the molecule is COCC1(CNC(=O)OC(C)(C)C)CCN(c2c(F)cc3c(=O)n(N)c(=O)n(C4CC4)c3c2C)C1. The number of methoxy groups -OCH3 is 1. The van der Waals surface area contributed by atoms with Crippen LogP contribution in [-0.2, 0) is 9.47 Å². The number of benzene rings is 1. The Bertz CT molecular complexity index is 1280. The number of carbonyl (C=O) groups is 1. The maximum atomic E-state index is 15.5. The first-order chi connectivity index (χ1) is 16.4. The molecular weight excluding hydrogens is 457 g/mol. The molecule has 4 rings (SSSR count). The number of fused-ring (bicyclic) bond motifs is 1. The average Bonchev–Trinajstić information content (AvgIpc) is 3.52. The number of nitrogens with zero attached hydrogens (tertiary/aromatic N) is 3. The van der Waals surface area contributed by atoms with E-state index in [9.17, 15) is 14.4 Å². The monoisotopic (exact) mass is 491 g/mol. The fourth-order valence-corrected chi connectivity index (χ4v) is 5.04. The molecule has 1 amide bonds. The second kappa shape index (κ2) is 8.85.